The second-order valence-corrected chi connectivity index (χ2v) is 4.60. The summed E-state index contributed by atoms with van der Waals surface area (Å²) >= 11 is 5.59. The summed E-state index contributed by atoms with van der Waals surface area (Å²) < 4.78 is 35.4. The standard InChI is InChI=1S/C10H9ClF3NOS/c11-8-4-2-1-3-7(8)9(16)15-5-6-17-10(12,13)14/h1-4H,5-6H2,(H,15,16). The van der Waals surface area contributed by atoms with Gasteiger partial charge in [-0.1, -0.05) is 23.7 Å². The monoisotopic (exact) mass is 283 g/mol. The summed E-state index contributed by atoms with van der Waals surface area (Å²) in [5.41, 5.74) is -4.01. The van der Waals surface area contributed by atoms with E-state index < -0.39 is 11.4 Å². The fraction of sp³-hybridized carbons (Fsp3) is 0.300. The molecule has 94 valence electrons. The molecule has 17 heavy (non-hydrogen) atoms. The number of halogens is 4. The molecule has 0 aromatic heterocycles. The van der Waals surface area contributed by atoms with E-state index in [0.717, 1.165) is 0 Å². The van der Waals surface area contributed by atoms with Crippen LogP contribution in [0.1, 0.15) is 10.4 Å². The SMILES string of the molecule is O=C(NCCSC(F)(F)F)c1ccccc1Cl. The van der Waals surface area contributed by atoms with Gasteiger partial charge in [-0.2, -0.15) is 13.2 Å². The van der Waals surface area contributed by atoms with E-state index in [9.17, 15) is 18.0 Å². The van der Waals surface area contributed by atoms with Crippen molar-refractivity contribution in [3.8, 4) is 0 Å². The smallest absolute Gasteiger partial charge is 0.351 e. The van der Waals surface area contributed by atoms with Crippen molar-refractivity contribution >= 4 is 29.3 Å². The number of rotatable bonds is 4. The summed E-state index contributed by atoms with van der Waals surface area (Å²) in [6, 6.07) is 6.35. The third-order valence-electron chi connectivity index (χ3n) is 1.77. The molecule has 1 amide bonds. The highest BCUT2D eigenvalue weighted by atomic mass is 35.5. The Balaban J connectivity index is 2.39. The van der Waals surface area contributed by atoms with Gasteiger partial charge in [0.25, 0.3) is 5.91 Å². The molecule has 2 nitrogen and oxygen atoms in total. The third-order valence-corrected chi connectivity index (χ3v) is 2.84. The summed E-state index contributed by atoms with van der Waals surface area (Å²) in [4.78, 5) is 11.5. The van der Waals surface area contributed by atoms with Gasteiger partial charge in [-0.05, 0) is 23.9 Å². The van der Waals surface area contributed by atoms with Crippen LogP contribution in [0.3, 0.4) is 0 Å². The van der Waals surface area contributed by atoms with Crippen LogP contribution >= 0.6 is 23.4 Å². The lowest BCUT2D eigenvalue weighted by Gasteiger charge is -2.07. The van der Waals surface area contributed by atoms with E-state index in [1.807, 2.05) is 0 Å². The maximum absolute atomic E-state index is 11.8. The lowest BCUT2D eigenvalue weighted by Crippen LogP contribution is -2.26. The van der Waals surface area contributed by atoms with Crippen molar-refractivity contribution in [2.45, 2.75) is 5.51 Å². The van der Waals surface area contributed by atoms with Crippen molar-refractivity contribution in [3.63, 3.8) is 0 Å². The van der Waals surface area contributed by atoms with E-state index in [1.165, 1.54) is 6.07 Å². The highest BCUT2D eigenvalue weighted by Crippen LogP contribution is 2.29. The van der Waals surface area contributed by atoms with Gasteiger partial charge < -0.3 is 5.32 Å². The van der Waals surface area contributed by atoms with Gasteiger partial charge in [0.15, 0.2) is 0 Å². The summed E-state index contributed by atoms with van der Waals surface area (Å²) in [5.74, 6) is -0.696. The molecule has 0 saturated heterocycles. The van der Waals surface area contributed by atoms with E-state index >= 15 is 0 Å². The fourth-order valence-electron chi connectivity index (χ4n) is 1.07. The minimum Gasteiger partial charge on any atom is -0.351 e. The summed E-state index contributed by atoms with van der Waals surface area (Å²) in [6.45, 7) is -0.0613. The van der Waals surface area contributed by atoms with Gasteiger partial charge in [0.2, 0.25) is 0 Å². The number of carbonyl (C=O) groups is 1. The molecule has 0 fully saturated rings. The number of hydrogen-bond acceptors (Lipinski definition) is 2. The first kappa shape index (κ1) is 14.2. The zero-order valence-corrected chi connectivity index (χ0v) is 10.1. The van der Waals surface area contributed by atoms with Crippen LogP contribution in [0.2, 0.25) is 5.02 Å². The molecule has 1 aromatic rings. The molecule has 7 heteroatoms. The lowest BCUT2D eigenvalue weighted by atomic mass is 10.2. The Hall–Kier alpha value is -0.880. The minimum atomic E-state index is -4.27. The first-order valence-electron chi connectivity index (χ1n) is 4.63. The maximum atomic E-state index is 11.8. The van der Waals surface area contributed by atoms with Crippen molar-refractivity contribution in [3.05, 3.63) is 34.9 Å². The minimum absolute atomic E-state index is 0.0613. The fourth-order valence-corrected chi connectivity index (χ4v) is 1.73. The number of thioether (sulfide) groups is 1. The van der Waals surface area contributed by atoms with Crippen LogP contribution < -0.4 is 5.32 Å². The van der Waals surface area contributed by atoms with Crippen molar-refractivity contribution < 1.29 is 18.0 Å². The van der Waals surface area contributed by atoms with Gasteiger partial charge in [-0.15, -0.1) is 0 Å². The van der Waals surface area contributed by atoms with Gasteiger partial charge in [0.1, 0.15) is 0 Å². The zero-order chi connectivity index (χ0) is 12.9. The van der Waals surface area contributed by atoms with Crippen LogP contribution in [0.15, 0.2) is 24.3 Å². The molecule has 0 aliphatic carbocycles. The molecule has 0 heterocycles. The Labute approximate surface area is 106 Å². The van der Waals surface area contributed by atoms with Crippen molar-refractivity contribution in [2.24, 2.45) is 0 Å². The Kier molecular flexibility index (Phi) is 5.14. The Bertz CT molecular complexity index is 397. The molecule has 1 aromatic carbocycles. The molecule has 0 atom stereocenters. The second-order valence-electron chi connectivity index (χ2n) is 3.03. The second kappa shape index (κ2) is 6.16. The third kappa shape index (κ3) is 5.32. The predicted octanol–water partition coefficient (Wildman–Crippen LogP) is 3.32. The summed E-state index contributed by atoms with van der Waals surface area (Å²) in [7, 11) is 0. The Morgan fingerprint density at radius 1 is 1.35 bits per heavy atom. The topological polar surface area (TPSA) is 29.1 Å². The molecular weight excluding hydrogens is 275 g/mol. The van der Waals surface area contributed by atoms with Crippen LogP contribution in [-0.2, 0) is 0 Å². The van der Waals surface area contributed by atoms with Gasteiger partial charge in [-0.3, -0.25) is 4.79 Å². The molecule has 0 aliphatic rings. The van der Waals surface area contributed by atoms with E-state index in [0.29, 0.717) is 0 Å². The molecule has 0 bridgehead atoms. The van der Waals surface area contributed by atoms with Crippen LogP contribution in [0.5, 0.6) is 0 Å². The highest BCUT2D eigenvalue weighted by Gasteiger charge is 2.27. The van der Waals surface area contributed by atoms with Gasteiger partial charge in [0.05, 0.1) is 10.6 Å². The normalized spacial score (nSPS) is 11.3. The van der Waals surface area contributed by atoms with Crippen molar-refractivity contribution in [1.29, 1.82) is 0 Å². The molecular formula is C10H9ClF3NOS. The molecule has 1 rings (SSSR count). The first-order chi connectivity index (χ1) is 7.90. The number of alkyl halides is 3. The first-order valence-corrected chi connectivity index (χ1v) is 6.00. The van der Waals surface area contributed by atoms with Crippen LogP contribution in [0, 0.1) is 0 Å². The molecule has 0 spiro atoms. The molecule has 0 radical (unpaired) electrons. The summed E-state index contributed by atoms with van der Waals surface area (Å²) in [6.07, 6.45) is 0. The number of amides is 1. The summed E-state index contributed by atoms with van der Waals surface area (Å²) in [5, 5.41) is 2.64. The van der Waals surface area contributed by atoms with Crippen molar-refractivity contribution in [1.82, 2.24) is 5.32 Å². The highest BCUT2D eigenvalue weighted by molar-refractivity contribution is 8.00. The predicted molar refractivity (Wildman–Crippen MR) is 62.3 cm³/mol. The van der Waals surface area contributed by atoms with E-state index in [-0.39, 0.29) is 34.6 Å². The molecule has 0 saturated carbocycles. The average Bonchev–Trinajstić information content (AvgIpc) is 2.23. The number of carbonyl (C=O) groups excluding carboxylic acids is 1. The van der Waals surface area contributed by atoms with Crippen LogP contribution in [-0.4, -0.2) is 23.7 Å². The largest absolute Gasteiger partial charge is 0.441 e. The quantitative estimate of drug-likeness (QED) is 0.859. The van der Waals surface area contributed by atoms with E-state index in [4.69, 9.17) is 11.6 Å². The maximum Gasteiger partial charge on any atom is 0.441 e. The zero-order valence-electron chi connectivity index (χ0n) is 8.55. The Morgan fingerprint density at radius 3 is 2.59 bits per heavy atom. The molecule has 0 aliphatic heterocycles. The van der Waals surface area contributed by atoms with Gasteiger partial charge in [-0.25, -0.2) is 0 Å². The van der Waals surface area contributed by atoms with Crippen LogP contribution in [0.4, 0.5) is 13.2 Å². The van der Waals surface area contributed by atoms with Gasteiger partial charge >= 0.3 is 5.51 Å². The average molecular weight is 284 g/mol. The van der Waals surface area contributed by atoms with E-state index in [1.54, 1.807) is 18.2 Å². The Morgan fingerprint density at radius 2 is 2.00 bits per heavy atom. The molecule has 1 N–H and O–H groups in total. The molecule has 0 unspecified atom stereocenters. The van der Waals surface area contributed by atoms with Crippen molar-refractivity contribution in [2.75, 3.05) is 12.3 Å². The number of nitrogens with one attached hydrogen (secondary N) is 1. The number of benzene rings is 1. The number of hydrogen-bond donors (Lipinski definition) is 1. The van der Waals surface area contributed by atoms with Gasteiger partial charge in [0, 0.05) is 12.3 Å². The van der Waals surface area contributed by atoms with E-state index in [2.05, 4.69) is 5.32 Å². The lowest BCUT2D eigenvalue weighted by molar-refractivity contribution is -0.0327. The van der Waals surface area contributed by atoms with Crippen LogP contribution in [0.25, 0.3) is 0 Å².